The Morgan fingerprint density at radius 2 is 1.78 bits per heavy atom. The van der Waals surface area contributed by atoms with Crippen molar-refractivity contribution in [1.29, 1.82) is 0 Å². The summed E-state index contributed by atoms with van der Waals surface area (Å²) in [6.07, 6.45) is 4.66. The molecule has 2 aliphatic heterocycles. The smallest absolute Gasteiger partial charge is 0.246 e. The Labute approximate surface area is 137 Å². The molecule has 2 saturated heterocycles. The van der Waals surface area contributed by atoms with Crippen LogP contribution < -0.4 is 0 Å². The predicted molar refractivity (Wildman–Crippen MR) is 89.7 cm³/mol. The predicted octanol–water partition coefficient (Wildman–Crippen LogP) is 1.07. The molecule has 3 rings (SSSR count). The summed E-state index contributed by atoms with van der Waals surface area (Å²) in [7, 11) is 1.58. The molecular formula is C18H23N3O2. The number of imide groups is 1. The third-order valence-corrected chi connectivity index (χ3v) is 4.68. The zero-order chi connectivity index (χ0) is 16.2. The van der Waals surface area contributed by atoms with Gasteiger partial charge in [0.1, 0.15) is 0 Å². The molecule has 0 N–H and O–H groups in total. The summed E-state index contributed by atoms with van der Waals surface area (Å²) in [5.74, 6) is -0.111. The summed E-state index contributed by atoms with van der Waals surface area (Å²) in [4.78, 5) is 29.5. The van der Waals surface area contributed by atoms with Gasteiger partial charge in [0.2, 0.25) is 11.8 Å². The van der Waals surface area contributed by atoms with Crippen molar-refractivity contribution < 1.29 is 9.59 Å². The van der Waals surface area contributed by atoms with E-state index in [0.717, 1.165) is 32.7 Å². The molecule has 2 aliphatic rings. The summed E-state index contributed by atoms with van der Waals surface area (Å²) < 4.78 is 0. The first kappa shape index (κ1) is 15.9. The van der Waals surface area contributed by atoms with Crippen LogP contribution >= 0.6 is 0 Å². The lowest BCUT2D eigenvalue weighted by atomic mass is 10.1. The molecule has 0 saturated carbocycles. The molecule has 0 spiro atoms. The summed E-state index contributed by atoms with van der Waals surface area (Å²) in [6.45, 7) is 4.47. The molecule has 2 heterocycles. The van der Waals surface area contributed by atoms with Gasteiger partial charge >= 0.3 is 0 Å². The Kier molecular flexibility index (Phi) is 4.88. The third-order valence-electron chi connectivity index (χ3n) is 4.68. The van der Waals surface area contributed by atoms with Crippen LogP contribution in [0, 0.1) is 0 Å². The number of carbonyl (C=O) groups excluding carboxylic acids is 2. The normalized spacial score (nSPS) is 24.0. The van der Waals surface area contributed by atoms with Crippen LogP contribution in [0.4, 0.5) is 0 Å². The summed E-state index contributed by atoms with van der Waals surface area (Å²) >= 11 is 0. The van der Waals surface area contributed by atoms with Gasteiger partial charge in [0, 0.05) is 39.8 Å². The number of hydrogen-bond acceptors (Lipinski definition) is 4. The van der Waals surface area contributed by atoms with E-state index in [-0.39, 0.29) is 17.9 Å². The van der Waals surface area contributed by atoms with E-state index in [1.165, 1.54) is 10.5 Å². The molecule has 0 unspecified atom stereocenters. The number of hydrogen-bond donors (Lipinski definition) is 0. The molecular weight excluding hydrogens is 290 g/mol. The summed E-state index contributed by atoms with van der Waals surface area (Å²) in [5, 5.41) is 0. The number of carbonyl (C=O) groups is 2. The Bertz CT molecular complexity index is 592. The van der Waals surface area contributed by atoms with E-state index in [4.69, 9.17) is 0 Å². The number of likely N-dealkylation sites (tertiary alicyclic amines) is 1. The molecule has 1 atom stereocenters. The molecule has 122 valence electrons. The highest BCUT2D eigenvalue weighted by Crippen LogP contribution is 2.18. The zero-order valence-corrected chi connectivity index (χ0v) is 13.5. The number of benzene rings is 1. The fourth-order valence-corrected chi connectivity index (χ4v) is 3.18. The maximum Gasteiger partial charge on any atom is 0.246 e. The van der Waals surface area contributed by atoms with Gasteiger partial charge in [0.05, 0.1) is 12.5 Å². The van der Waals surface area contributed by atoms with Crippen molar-refractivity contribution in [3.05, 3.63) is 42.0 Å². The third kappa shape index (κ3) is 3.68. The van der Waals surface area contributed by atoms with Gasteiger partial charge in [-0.1, -0.05) is 42.5 Å². The number of rotatable bonds is 4. The van der Waals surface area contributed by atoms with Crippen molar-refractivity contribution in [2.45, 2.75) is 12.5 Å². The van der Waals surface area contributed by atoms with Crippen molar-refractivity contribution in [3.63, 3.8) is 0 Å². The van der Waals surface area contributed by atoms with Crippen LogP contribution in [0.15, 0.2) is 36.4 Å². The van der Waals surface area contributed by atoms with Gasteiger partial charge in [0.25, 0.3) is 0 Å². The van der Waals surface area contributed by atoms with Crippen LogP contribution in [0.25, 0.3) is 6.08 Å². The first-order valence-electron chi connectivity index (χ1n) is 8.13. The summed E-state index contributed by atoms with van der Waals surface area (Å²) in [5.41, 5.74) is 1.21. The van der Waals surface area contributed by atoms with Crippen molar-refractivity contribution in [3.8, 4) is 0 Å². The fourth-order valence-electron chi connectivity index (χ4n) is 3.18. The zero-order valence-electron chi connectivity index (χ0n) is 13.5. The van der Waals surface area contributed by atoms with Gasteiger partial charge in [-0.05, 0) is 5.56 Å². The van der Waals surface area contributed by atoms with E-state index in [1.54, 1.807) is 7.05 Å². The van der Waals surface area contributed by atoms with Gasteiger partial charge in [-0.15, -0.1) is 0 Å². The van der Waals surface area contributed by atoms with Crippen molar-refractivity contribution in [2.75, 3.05) is 39.8 Å². The van der Waals surface area contributed by atoms with Crippen LogP contribution in [-0.2, 0) is 9.59 Å². The topological polar surface area (TPSA) is 43.9 Å². The van der Waals surface area contributed by atoms with Crippen molar-refractivity contribution >= 4 is 17.9 Å². The summed E-state index contributed by atoms with van der Waals surface area (Å²) in [6, 6.07) is 10.0. The molecule has 5 heteroatoms. The average Bonchev–Trinajstić information content (AvgIpc) is 2.84. The highest BCUT2D eigenvalue weighted by atomic mass is 16.2. The minimum atomic E-state index is -0.241. The Morgan fingerprint density at radius 3 is 2.39 bits per heavy atom. The molecule has 2 fully saturated rings. The van der Waals surface area contributed by atoms with E-state index in [1.807, 2.05) is 18.2 Å². The maximum absolute atomic E-state index is 12.1. The largest absolute Gasteiger partial charge is 0.297 e. The first-order valence-corrected chi connectivity index (χ1v) is 8.13. The minimum absolute atomic E-state index is 0.0487. The van der Waals surface area contributed by atoms with Crippen LogP contribution in [0.3, 0.4) is 0 Å². The van der Waals surface area contributed by atoms with Crippen molar-refractivity contribution in [2.24, 2.45) is 0 Å². The Balaban J connectivity index is 1.46. The Morgan fingerprint density at radius 1 is 1.09 bits per heavy atom. The number of amides is 2. The quantitative estimate of drug-likeness (QED) is 0.780. The highest BCUT2D eigenvalue weighted by Gasteiger charge is 2.40. The lowest BCUT2D eigenvalue weighted by Crippen LogP contribution is -2.52. The highest BCUT2D eigenvalue weighted by molar-refractivity contribution is 6.05. The fraction of sp³-hybridized carbons (Fsp3) is 0.444. The van der Waals surface area contributed by atoms with Gasteiger partial charge < -0.3 is 0 Å². The second-order valence-corrected chi connectivity index (χ2v) is 6.16. The lowest BCUT2D eigenvalue weighted by molar-refractivity contribution is -0.138. The molecule has 0 bridgehead atoms. The monoisotopic (exact) mass is 313 g/mol. The average molecular weight is 313 g/mol. The van der Waals surface area contributed by atoms with Gasteiger partial charge in [-0.3, -0.25) is 24.3 Å². The minimum Gasteiger partial charge on any atom is -0.297 e. The van der Waals surface area contributed by atoms with E-state index >= 15 is 0 Å². The second kappa shape index (κ2) is 7.06. The number of likely N-dealkylation sites (N-methyl/N-ethyl adjacent to an activating group) is 1. The van der Waals surface area contributed by atoms with Crippen molar-refractivity contribution in [1.82, 2.24) is 14.7 Å². The number of nitrogens with zero attached hydrogens (tertiary/aromatic N) is 3. The van der Waals surface area contributed by atoms with Gasteiger partial charge in [-0.25, -0.2) is 0 Å². The molecule has 0 radical (unpaired) electrons. The lowest BCUT2D eigenvalue weighted by Gasteiger charge is -2.36. The van der Waals surface area contributed by atoms with Gasteiger partial charge in [0.15, 0.2) is 0 Å². The molecule has 0 aliphatic carbocycles. The Hall–Kier alpha value is -1.98. The van der Waals surface area contributed by atoms with Crippen LogP contribution in [0.1, 0.15) is 12.0 Å². The van der Waals surface area contributed by atoms with Crippen LogP contribution in [0.5, 0.6) is 0 Å². The van der Waals surface area contributed by atoms with E-state index in [9.17, 15) is 9.59 Å². The maximum atomic E-state index is 12.1. The molecule has 0 aromatic heterocycles. The first-order chi connectivity index (χ1) is 11.1. The SMILES string of the molecule is CN1C(=O)C[C@H](N2CCN(C/C=C/c3ccccc3)CC2)C1=O. The molecule has 5 nitrogen and oxygen atoms in total. The second-order valence-electron chi connectivity index (χ2n) is 6.16. The van der Waals surface area contributed by atoms with E-state index < -0.39 is 0 Å². The molecule has 23 heavy (non-hydrogen) atoms. The standard InChI is InChI=1S/C18H23N3O2/c1-19-17(22)14-16(18(19)23)21-12-10-20(11-13-21)9-5-8-15-6-3-2-4-7-15/h2-8,16H,9-14H2,1H3/b8-5+/t16-/m0/s1. The van der Waals surface area contributed by atoms with Crippen LogP contribution in [-0.4, -0.2) is 72.3 Å². The number of piperazine rings is 1. The van der Waals surface area contributed by atoms with Gasteiger partial charge in [-0.2, -0.15) is 0 Å². The van der Waals surface area contributed by atoms with Crippen LogP contribution in [0.2, 0.25) is 0 Å². The molecule has 1 aromatic carbocycles. The van der Waals surface area contributed by atoms with E-state index in [0.29, 0.717) is 6.42 Å². The van der Waals surface area contributed by atoms with E-state index in [2.05, 4.69) is 34.1 Å². The molecule has 2 amide bonds. The molecule has 1 aromatic rings.